The van der Waals surface area contributed by atoms with Crippen molar-refractivity contribution < 1.29 is 9.22 Å². The first-order valence-corrected chi connectivity index (χ1v) is 20.8. The number of rotatable bonds is 15. The molecule has 3 nitrogen and oxygen atoms in total. The zero-order valence-electron chi connectivity index (χ0n) is 31.4. The van der Waals surface area contributed by atoms with Crippen molar-refractivity contribution in [2.45, 2.75) is 175 Å². The maximum absolute atomic E-state index is 12.9. The van der Waals surface area contributed by atoms with E-state index in [1.807, 2.05) is 0 Å². The molecule has 1 N–H and O–H groups in total. The van der Waals surface area contributed by atoms with Gasteiger partial charge in [0.15, 0.2) is 0 Å². The predicted molar refractivity (Wildman–Crippen MR) is 198 cm³/mol. The second-order valence-electron chi connectivity index (χ2n) is 17.6. The number of hydrogen-bond donors (Lipinski definition) is 1. The monoisotopic (exact) mass is 649 g/mol. The SMILES string of the molecule is CC1=C(CCC(=O)NCCCCCCCCc2ccccc2)C2CCC3C(C)(C)[C@@H](O[Si](C(C)C)C(C)(C)C)CC[C@]3(C)[C@H]2CC1. The lowest BCUT2D eigenvalue weighted by molar-refractivity contribution is -0.144. The molecule has 1 amide bonds. The van der Waals surface area contributed by atoms with Crippen LogP contribution >= 0.6 is 0 Å². The molecular formula is C42H70NO2Si. The average molecular weight is 649 g/mol. The molecule has 3 aliphatic rings. The summed E-state index contributed by atoms with van der Waals surface area (Å²) in [6.45, 7) is 22.9. The van der Waals surface area contributed by atoms with Crippen molar-refractivity contribution in [2.75, 3.05) is 6.54 Å². The van der Waals surface area contributed by atoms with E-state index in [1.165, 1.54) is 82.6 Å². The van der Waals surface area contributed by atoms with Gasteiger partial charge < -0.3 is 9.74 Å². The smallest absolute Gasteiger partial charge is 0.220 e. The summed E-state index contributed by atoms with van der Waals surface area (Å²) in [6.07, 6.45) is 18.3. The topological polar surface area (TPSA) is 38.3 Å². The summed E-state index contributed by atoms with van der Waals surface area (Å²) in [7, 11) is -0.926. The van der Waals surface area contributed by atoms with Crippen molar-refractivity contribution >= 4 is 14.9 Å². The van der Waals surface area contributed by atoms with Crippen LogP contribution in [0.2, 0.25) is 10.6 Å². The molecule has 4 rings (SSSR count). The minimum Gasteiger partial charge on any atom is -0.412 e. The highest BCUT2D eigenvalue weighted by atomic mass is 28.3. The Kier molecular flexibility index (Phi) is 13.3. The quantitative estimate of drug-likeness (QED) is 0.117. The number of nitrogens with one attached hydrogen (secondary N) is 1. The van der Waals surface area contributed by atoms with Gasteiger partial charge in [-0.2, -0.15) is 0 Å². The van der Waals surface area contributed by atoms with Crippen LogP contribution in [-0.4, -0.2) is 27.6 Å². The lowest BCUT2D eigenvalue weighted by atomic mass is 9.43. The van der Waals surface area contributed by atoms with Crippen molar-refractivity contribution in [3.05, 3.63) is 47.0 Å². The molecule has 1 radical (unpaired) electrons. The van der Waals surface area contributed by atoms with Crippen LogP contribution < -0.4 is 5.32 Å². The molecule has 0 saturated heterocycles. The summed E-state index contributed by atoms with van der Waals surface area (Å²) < 4.78 is 7.20. The number of hydrogen-bond acceptors (Lipinski definition) is 2. The molecule has 4 heteroatoms. The van der Waals surface area contributed by atoms with Crippen molar-refractivity contribution in [1.82, 2.24) is 5.32 Å². The Morgan fingerprint density at radius 1 is 0.935 bits per heavy atom. The summed E-state index contributed by atoms with van der Waals surface area (Å²) in [5, 5.41) is 3.51. The van der Waals surface area contributed by atoms with E-state index in [2.05, 4.69) is 98.0 Å². The average Bonchev–Trinajstić information content (AvgIpc) is 2.98. The third-order valence-electron chi connectivity index (χ3n) is 12.6. The van der Waals surface area contributed by atoms with Crippen LogP contribution in [0, 0.1) is 28.6 Å². The highest BCUT2D eigenvalue weighted by Crippen LogP contribution is 2.65. The van der Waals surface area contributed by atoms with E-state index in [0.29, 0.717) is 35.3 Å². The second-order valence-corrected chi connectivity index (χ2v) is 21.3. The summed E-state index contributed by atoms with van der Waals surface area (Å²) >= 11 is 0. The van der Waals surface area contributed by atoms with Crippen LogP contribution in [0.3, 0.4) is 0 Å². The van der Waals surface area contributed by atoms with E-state index in [1.54, 1.807) is 11.1 Å². The molecule has 0 bridgehead atoms. The predicted octanol–water partition coefficient (Wildman–Crippen LogP) is 11.6. The van der Waals surface area contributed by atoms with Gasteiger partial charge in [-0.15, -0.1) is 0 Å². The van der Waals surface area contributed by atoms with E-state index in [4.69, 9.17) is 4.43 Å². The number of unbranched alkanes of at least 4 members (excludes halogenated alkanes) is 5. The van der Waals surface area contributed by atoms with Gasteiger partial charge in [0.1, 0.15) is 0 Å². The van der Waals surface area contributed by atoms with Gasteiger partial charge in [-0.3, -0.25) is 4.79 Å². The standard InChI is InChI=1S/C42H70NO2Si/c1-31(2)46(40(4,5)6)45-38-28-29-42(9)36-25-22-32(3)34(35(36)23-26-37(42)41(38,7)8)24-27-39(44)43-30-18-13-11-10-12-15-19-33-20-16-14-17-21-33/h14,16-17,20-21,31,35-38H,10-13,15,18-19,22-30H2,1-9H3,(H,43,44)/t35?,36-,37?,38-,42+/m0/s1. The Balaban J connectivity index is 1.22. The zero-order chi connectivity index (χ0) is 33.5. The van der Waals surface area contributed by atoms with Gasteiger partial charge in [-0.1, -0.05) is 123 Å². The molecule has 2 fully saturated rings. The molecule has 0 aliphatic heterocycles. The highest BCUT2D eigenvalue weighted by molar-refractivity contribution is 6.56. The zero-order valence-corrected chi connectivity index (χ0v) is 32.4. The van der Waals surface area contributed by atoms with Crippen LogP contribution in [0.5, 0.6) is 0 Å². The Hall–Kier alpha value is -1.39. The van der Waals surface area contributed by atoms with Gasteiger partial charge in [-0.05, 0) is 116 Å². The van der Waals surface area contributed by atoms with E-state index in [9.17, 15) is 4.79 Å². The van der Waals surface area contributed by atoms with Crippen molar-refractivity contribution in [2.24, 2.45) is 28.6 Å². The molecule has 2 unspecified atom stereocenters. The molecule has 0 heterocycles. The molecule has 5 atom stereocenters. The van der Waals surface area contributed by atoms with Crippen LogP contribution in [0.1, 0.15) is 158 Å². The molecule has 0 spiro atoms. The fraction of sp³-hybridized carbons (Fsp3) is 0.786. The third-order valence-corrected chi connectivity index (χ3v) is 15.7. The van der Waals surface area contributed by atoms with E-state index >= 15 is 0 Å². The molecular weight excluding hydrogens is 579 g/mol. The Morgan fingerprint density at radius 3 is 2.28 bits per heavy atom. The maximum Gasteiger partial charge on any atom is 0.220 e. The number of benzene rings is 1. The van der Waals surface area contributed by atoms with Gasteiger partial charge in [0.05, 0.1) is 6.10 Å². The molecule has 0 aromatic heterocycles. The summed E-state index contributed by atoms with van der Waals surface area (Å²) in [6, 6.07) is 10.8. The Morgan fingerprint density at radius 2 is 1.61 bits per heavy atom. The lowest BCUT2D eigenvalue weighted by Crippen LogP contribution is -2.58. The van der Waals surface area contributed by atoms with Crippen molar-refractivity contribution in [1.29, 1.82) is 0 Å². The van der Waals surface area contributed by atoms with Crippen LogP contribution in [0.25, 0.3) is 0 Å². The largest absolute Gasteiger partial charge is 0.412 e. The van der Waals surface area contributed by atoms with Gasteiger partial charge in [-0.25, -0.2) is 0 Å². The fourth-order valence-electron chi connectivity index (χ4n) is 10.3. The Bertz CT molecular complexity index is 1130. The molecule has 3 aliphatic carbocycles. The van der Waals surface area contributed by atoms with Crippen molar-refractivity contribution in [3.8, 4) is 0 Å². The fourth-order valence-corrected chi connectivity index (χ4v) is 13.4. The van der Waals surface area contributed by atoms with Gasteiger partial charge in [0.25, 0.3) is 0 Å². The normalized spacial score (nSPS) is 27.9. The van der Waals surface area contributed by atoms with Crippen molar-refractivity contribution in [3.63, 3.8) is 0 Å². The second kappa shape index (κ2) is 16.3. The van der Waals surface area contributed by atoms with Crippen LogP contribution in [-0.2, 0) is 15.6 Å². The van der Waals surface area contributed by atoms with Crippen LogP contribution in [0.4, 0.5) is 0 Å². The molecule has 46 heavy (non-hydrogen) atoms. The first-order chi connectivity index (χ1) is 21.7. The number of allylic oxidation sites excluding steroid dienone is 2. The van der Waals surface area contributed by atoms with Gasteiger partial charge >= 0.3 is 0 Å². The van der Waals surface area contributed by atoms with E-state index in [-0.39, 0.29) is 16.4 Å². The summed E-state index contributed by atoms with van der Waals surface area (Å²) in [5.41, 5.74) is 5.89. The lowest BCUT2D eigenvalue weighted by Gasteiger charge is -2.63. The summed E-state index contributed by atoms with van der Waals surface area (Å²) in [5.74, 6) is 2.38. The first-order valence-electron chi connectivity index (χ1n) is 19.3. The molecule has 2 saturated carbocycles. The minimum absolute atomic E-state index is 0.201. The number of amides is 1. The first kappa shape index (κ1) is 37.4. The molecule has 1 aromatic rings. The maximum atomic E-state index is 12.9. The van der Waals surface area contributed by atoms with E-state index in [0.717, 1.165) is 25.3 Å². The highest BCUT2D eigenvalue weighted by Gasteiger charge is 2.59. The third kappa shape index (κ3) is 9.19. The number of carbonyl (C=O) groups is 1. The summed E-state index contributed by atoms with van der Waals surface area (Å²) in [4.78, 5) is 12.9. The number of carbonyl (C=O) groups excluding carboxylic acids is 1. The van der Waals surface area contributed by atoms with Gasteiger partial charge in [0.2, 0.25) is 14.9 Å². The number of aryl methyl sites for hydroxylation is 1. The molecule has 1 aromatic carbocycles. The Labute approximate surface area is 286 Å². The van der Waals surface area contributed by atoms with E-state index < -0.39 is 9.04 Å². The molecule has 259 valence electrons. The van der Waals surface area contributed by atoms with Crippen LogP contribution in [0.15, 0.2) is 41.5 Å². The number of fused-ring (bicyclic) bond motifs is 3. The van der Waals surface area contributed by atoms with Gasteiger partial charge in [0, 0.05) is 13.0 Å². The minimum atomic E-state index is -0.926.